The number of benzene rings is 1. The molecule has 9 heteroatoms. The van der Waals surface area contributed by atoms with E-state index in [1.54, 1.807) is 18.2 Å². The molecule has 0 bridgehead atoms. The number of Topliss-reactive ketones (excluding diaryl/α,β-unsaturated/α-hetero) is 1. The molecule has 9 nitrogen and oxygen atoms in total. The van der Waals surface area contributed by atoms with E-state index in [0.29, 0.717) is 67.4 Å². The first-order valence-electron chi connectivity index (χ1n) is 20.2. The lowest BCUT2D eigenvalue weighted by Gasteiger charge is -2.56. The molecule has 1 amide bonds. The molecule has 3 fully saturated rings. The van der Waals surface area contributed by atoms with E-state index in [0.717, 1.165) is 55.2 Å². The number of carbonyl (C=O) groups excluding carboxylic acids is 2. The van der Waals surface area contributed by atoms with Crippen LogP contribution in [0.15, 0.2) is 76.9 Å². The van der Waals surface area contributed by atoms with Crippen LogP contribution in [0.25, 0.3) is 0 Å². The standard InChI is InChI=1S/C46H60N2O7/c1-30-12-5-8-27-54-29-34(17-10-15-31(2)14-9-13-30)36-20-26-46(41(36)50)38(21-25-45(53)22-6-7-23-45)35(19-24-44(46,4)52)32(3)39(49)28-33-16-11-18-37-40(33)55-43(51)48-42(37)47/h10-11,13,15-18,36,38,41-42,50,52-53H,2,6-7,9,12,14,19-29,47H2,1,3-4H3,(H,48,51)/b15-10+,30-13+,34-17-,35-32+/t36-,38-,41-,42+,44-,46-/m1/s1. The molecule has 2 aliphatic heterocycles. The van der Waals surface area contributed by atoms with Crippen LogP contribution in [-0.4, -0.2) is 57.7 Å². The number of aliphatic hydroxyl groups is 3. The Labute approximate surface area is 326 Å². The van der Waals surface area contributed by atoms with Crippen molar-refractivity contribution >= 4 is 11.9 Å². The Balaban J connectivity index is 1.35. The molecule has 5 aliphatic rings. The third-order valence-electron chi connectivity index (χ3n) is 13.3. The summed E-state index contributed by atoms with van der Waals surface area (Å²) in [4.78, 5) is 26.5. The van der Waals surface area contributed by atoms with Gasteiger partial charge in [0, 0.05) is 35.3 Å². The maximum absolute atomic E-state index is 14.3. The molecule has 6 rings (SSSR count). The topological polar surface area (TPSA) is 151 Å². The maximum Gasteiger partial charge on any atom is 0.414 e. The van der Waals surface area contributed by atoms with Gasteiger partial charge < -0.3 is 35.8 Å². The Morgan fingerprint density at radius 3 is 2.69 bits per heavy atom. The number of aliphatic hydroxyl groups excluding tert-OH is 1. The van der Waals surface area contributed by atoms with Crippen LogP contribution in [0.3, 0.4) is 0 Å². The average Bonchev–Trinajstić information content (AvgIpc) is 3.73. The fourth-order valence-electron chi connectivity index (χ4n) is 10.1. The molecule has 0 saturated heterocycles. The van der Waals surface area contributed by atoms with E-state index >= 15 is 0 Å². The van der Waals surface area contributed by atoms with Gasteiger partial charge in [0.2, 0.25) is 0 Å². The van der Waals surface area contributed by atoms with Crippen LogP contribution < -0.4 is 15.8 Å². The highest BCUT2D eigenvalue weighted by Crippen LogP contribution is 2.63. The van der Waals surface area contributed by atoms with Crippen LogP contribution in [0.2, 0.25) is 0 Å². The van der Waals surface area contributed by atoms with Crippen molar-refractivity contribution in [3.8, 4) is 17.6 Å². The van der Waals surface area contributed by atoms with Crippen LogP contribution >= 0.6 is 0 Å². The van der Waals surface area contributed by atoms with Crippen molar-refractivity contribution in [2.75, 3.05) is 13.2 Å². The predicted octanol–water partition coefficient (Wildman–Crippen LogP) is 7.37. The first-order chi connectivity index (χ1) is 26.2. The van der Waals surface area contributed by atoms with Gasteiger partial charge in [0.15, 0.2) is 5.78 Å². The van der Waals surface area contributed by atoms with Crippen molar-refractivity contribution in [1.29, 1.82) is 0 Å². The molecule has 6 N–H and O–H groups in total. The van der Waals surface area contributed by atoms with E-state index in [2.05, 4.69) is 36.7 Å². The van der Waals surface area contributed by atoms with Gasteiger partial charge in [-0.15, -0.1) is 0 Å². The minimum atomic E-state index is -1.24. The van der Waals surface area contributed by atoms with Gasteiger partial charge in [-0.1, -0.05) is 90.5 Å². The Morgan fingerprint density at radius 1 is 1.13 bits per heavy atom. The van der Waals surface area contributed by atoms with Crippen molar-refractivity contribution in [2.24, 2.45) is 23.0 Å². The lowest BCUT2D eigenvalue weighted by molar-refractivity contribution is -0.169. The molecular formula is C46H60N2O7. The number of para-hydroxylation sites is 1. The van der Waals surface area contributed by atoms with Crippen molar-refractivity contribution in [1.82, 2.24) is 5.32 Å². The van der Waals surface area contributed by atoms with E-state index in [4.69, 9.17) is 15.2 Å². The van der Waals surface area contributed by atoms with Gasteiger partial charge in [-0.2, -0.15) is 0 Å². The maximum atomic E-state index is 14.3. The number of hydrogen-bond donors (Lipinski definition) is 5. The van der Waals surface area contributed by atoms with E-state index in [9.17, 15) is 24.9 Å². The number of nitrogens with two attached hydrogens (primary N) is 1. The smallest absolute Gasteiger partial charge is 0.410 e. The van der Waals surface area contributed by atoms with E-state index in [1.165, 1.54) is 5.57 Å². The summed E-state index contributed by atoms with van der Waals surface area (Å²) in [5.41, 5.74) is 9.02. The molecule has 3 saturated carbocycles. The van der Waals surface area contributed by atoms with Gasteiger partial charge in [-0.05, 0) is 102 Å². The highest BCUT2D eigenvalue weighted by Gasteiger charge is 2.64. The van der Waals surface area contributed by atoms with Crippen LogP contribution in [0, 0.1) is 29.1 Å². The zero-order valence-electron chi connectivity index (χ0n) is 32.9. The lowest BCUT2D eigenvalue weighted by Crippen LogP contribution is -2.59. The van der Waals surface area contributed by atoms with Gasteiger partial charge >= 0.3 is 6.09 Å². The molecule has 2 heterocycles. The highest BCUT2D eigenvalue weighted by atomic mass is 16.6. The minimum Gasteiger partial charge on any atom is -0.410 e. The number of ether oxygens (including phenoxy) is 2. The first kappa shape index (κ1) is 40.9. The minimum absolute atomic E-state index is 0.00408. The number of carbonyl (C=O) groups is 2. The SMILES string of the molecule is C=C1/C=C/C=C(\[C@H]2CC[C@@]3([C@H](CCC4(O)CCCC4)/C(=C(\C)C(=O)Cc4cccc5c4OC(=O)N[C@@H]5N)CC[C@@]3(C)O)[C@@H]2O)COCC#CC/C(C)=C/CC1. The van der Waals surface area contributed by atoms with E-state index in [1.807, 2.05) is 32.1 Å². The summed E-state index contributed by atoms with van der Waals surface area (Å²) in [6.07, 6.45) is 14.8. The van der Waals surface area contributed by atoms with E-state index < -0.39 is 35.0 Å². The fraction of sp³-hybridized carbons (Fsp3) is 0.565. The van der Waals surface area contributed by atoms with Crippen LogP contribution in [0.5, 0.6) is 5.75 Å². The Bertz CT molecular complexity index is 1830. The molecule has 1 aromatic carbocycles. The summed E-state index contributed by atoms with van der Waals surface area (Å²) in [5.74, 6) is 5.88. The van der Waals surface area contributed by atoms with Crippen molar-refractivity contribution in [3.63, 3.8) is 0 Å². The molecule has 6 atom stereocenters. The Kier molecular flexibility index (Phi) is 12.7. The summed E-state index contributed by atoms with van der Waals surface area (Å²) in [5, 5.41) is 39.4. The highest BCUT2D eigenvalue weighted by molar-refractivity contribution is 5.97. The number of amides is 1. The molecule has 1 spiro atoms. The van der Waals surface area contributed by atoms with Gasteiger partial charge in [-0.25, -0.2) is 4.79 Å². The normalized spacial score (nSPS) is 34.7. The third kappa shape index (κ3) is 8.80. The molecule has 0 unspecified atom stereocenters. The molecule has 0 aromatic heterocycles. The number of ketones is 1. The Morgan fingerprint density at radius 2 is 1.91 bits per heavy atom. The monoisotopic (exact) mass is 752 g/mol. The molecular weight excluding hydrogens is 693 g/mol. The molecule has 296 valence electrons. The summed E-state index contributed by atoms with van der Waals surface area (Å²) in [7, 11) is 0. The molecule has 55 heavy (non-hydrogen) atoms. The van der Waals surface area contributed by atoms with Gasteiger partial charge in [0.1, 0.15) is 18.5 Å². The van der Waals surface area contributed by atoms with Crippen LogP contribution in [-0.2, 0) is 16.0 Å². The number of rotatable bonds is 7. The quantitative estimate of drug-likeness (QED) is 0.110. The second-order valence-corrected chi connectivity index (χ2v) is 16.9. The van der Waals surface area contributed by atoms with Crippen molar-refractivity contribution < 1.29 is 34.4 Å². The van der Waals surface area contributed by atoms with Crippen LogP contribution in [0.1, 0.15) is 122 Å². The number of nitrogens with one attached hydrogen (secondary N) is 1. The summed E-state index contributed by atoms with van der Waals surface area (Å²) >= 11 is 0. The van der Waals surface area contributed by atoms with Crippen LogP contribution in [0.4, 0.5) is 4.79 Å². The second-order valence-electron chi connectivity index (χ2n) is 16.9. The van der Waals surface area contributed by atoms with E-state index in [-0.39, 0.29) is 37.3 Å². The Hall–Kier alpha value is -3.78. The predicted molar refractivity (Wildman–Crippen MR) is 214 cm³/mol. The van der Waals surface area contributed by atoms with Crippen molar-refractivity contribution in [2.45, 2.75) is 134 Å². The largest absolute Gasteiger partial charge is 0.414 e. The van der Waals surface area contributed by atoms with Gasteiger partial charge in [-0.3, -0.25) is 4.79 Å². The lowest BCUT2D eigenvalue weighted by atomic mass is 9.52. The van der Waals surface area contributed by atoms with Gasteiger partial charge in [0.25, 0.3) is 0 Å². The number of hydrogen-bond acceptors (Lipinski definition) is 8. The fourth-order valence-corrected chi connectivity index (χ4v) is 10.1. The molecule has 1 aromatic rings. The molecule has 3 aliphatic carbocycles. The summed E-state index contributed by atoms with van der Waals surface area (Å²) < 4.78 is 11.6. The molecule has 0 radical (unpaired) electrons. The number of allylic oxidation sites excluding steroid dienone is 8. The summed E-state index contributed by atoms with van der Waals surface area (Å²) in [6, 6.07) is 5.36. The number of fused-ring (bicyclic) bond motifs is 1. The van der Waals surface area contributed by atoms with Gasteiger partial charge in [0.05, 0.1) is 23.9 Å². The average molecular weight is 753 g/mol. The first-order valence-corrected chi connectivity index (χ1v) is 20.2. The zero-order valence-corrected chi connectivity index (χ0v) is 32.9. The third-order valence-corrected chi connectivity index (χ3v) is 13.3. The summed E-state index contributed by atoms with van der Waals surface area (Å²) in [6.45, 7) is 10.6. The van der Waals surface area contributed by atoms with Crippen molar-refractivity contribution in [3.05, 3.63) is 88.1 Å². The zero-order chi connectivity index (χ0) is 39.4. The second kappa shape index (κ2) is 17.2.